The van der Waals surface area contributed by atoms with Crippen molar-refractivity contribution in [2.24, 2.45) is 0 Å². The molecule has 23 heavy (non-hydrogen) atoms. The van der Waals surface area contributed by atoms with Gasteiger partial charge in [-0.15, -0.1) is 11.8 Å². The maximum atomic E-state index is 10.0. The third kappa shape index (κ3) is 3.20. The van der Waals surface area contributed by atoms with E-state index in [0.29, 0.717) is 17.3 Å². The van der Waals surface area contributed by atoms with E-state index < -0.39 is 23.7 Å². The first-order valence-corrected chi connectivity index (χ1v) is 8.23. The van der Waals surface area contributed by atoms with Crippen molar-refractivity contribution in [2.45, 2.75) is 37.6 Å². The van der Waals surface area contributed by atoms with Crippen LogP contribution in [0.15, 0.2) is 23.0 Å². The van der Waals surface area contributed by atoms with Crippen LogP contribution in [0.1, 0.15) is 11.5 Å². The molecular weight excluding hydrogens is 320 g/mol. The summed E-state index contributed by atoms with van der Waals surface area (Å²) in [7, 11) is 0. The fourth-order valence-corrected chi connectivity index (χ4v) is 3.65. The van der Waals surface area contributed by atoms with E-state index in [2.05, 4.69) is 10.1 Å². The van der Waals surface area contributed by atoms with Gasteiger partial charge in [0, 0.05) is 23.1 Å². The third-order valence-corrected chi connectivity index (χ3v) is 4.98. The first kappa shape index (κ1) is 16.3. The highest BCUT2D eigenvalue weighted by atomic mass is 32.2. The highest BCUT2D eigenvalue weighted by Gasteiger charge is 2.38. The molecule has 4 atom stereocenters. The van der Waals surface area contributed by atoms with Crippen LogP contribution in [0.25, 0.3) is 11.1 Å². The summed E-state index contributed by atoms with van der Waals surface area (Å²) < 4.78 is 10.9. The fraction of sp³-hybridized carbons (Fsp3) is 0.467. The van der Waals surface area contributed by atoms with Crippen molar-refractivity contribution in [1.82, 2.24) is 10.1 Å². The Balaban J connectivity index is 1.81. The van der Waals surface area contributed by atoms with Crippen molar-refractivity contribution >= 4 is 11.8 Å². The Morgan fingerprint density at radius 1 is 1.22 bits per heavy atom. The summed E-state index contributed by atoms with van der Waals surface area (Å²) in [6.45, 7) is 3.67. The van der Waals surface area contributed by atoms with Crippen LogP contribution in [0.5, 0.6) is 5.75 Å². The van der Waals surface area contributed by atoms with Crippen LogP contribution in [-0.4, -0.2) is 55.0 Å². The Morgan fingerprint density at radius 3 is 2.70 bits per heavy atom. The summed E-state index contributed by atoms with van der Waals surface area (Å²) >= 11 is 1.25. The summed E-state index contributed by atoms with van der Waals surface area (Å²) in [5.41, 5.74) is 1.74. The number of aliphatic hydroxyl groups excluding tert-OH is 3. The number of pyridine rings is 1. The monoisotopic (exact) mass is 338 g/mol. The fourth-order valence-electron chi connectivity index (χ4n) is 2.53. The number of hydrogen-bond donors (Lipinski definition) is 3. The summed E-state index contributed by atoms with van der Waals surface area (Å²) in [6, 6.07) is 1.78. The van der Waals surface area contributed by atoms with Gasteiger partial charge < -0.3 is 24.6 Å². The predicted octanol–water partition coefficient (Wildman–Crippen LogP) is 0.888. The molecule has 0 bridgehead atoms. The quantitative estimate of drug-likeness (QED) is 0.757. The van der Waals surface area contributed by atoms with Crippen LogP contribution in [0.4, 0.5) is 0 Å². The normalized spacial score (nSPS) is 27.9. The van der Waals surface area contributed by atoms with Crippen LogP contribution >= 0.6 is 11.8 Å². The third-order valence-electron chi connectivity index (χ3n) is 3.74. The summed E-state index contributed by atoms with van der Waals surface area (Å²) in [4.78, 5) is 4.15. The topological polar surface area (TPSA) is 109 Å². The van der Waals surface area contributed by atoms with E-state index in [1.807, 2.05) is 13.8 Å². The molecule has 2 aromatic rings. The summed E-state index contributed by atoms with van der Waals surface area (Å²) in [5.74, 6) is 1.44. The van der Waals surface area contributed by atoms with Crippen molar-refractivity contribution in [1.29, 1.82) is 0 Å². The van der Waals surface area contributed by atoms with Crippen LogP contribution in [-0.2, 0) is 0 Å². The standard InChI is InChI=1S/C15H18N2O5S/c1-7-12(8(2)22-17-7)9-3-10(5-16-4-9)21-15-14(20)13(19)11(18)6-23-15/h3-5,11,13-15,18-20H,6H2,1-2H3/t11-,13+,14-,15-/m1/s1. The van der Waals surface area contributed by atoms with Crippen LogP contribution < -0.4 is 4.74 Å². The second-order valence-electron chi connectivity index (χ2n) is 5.48. The molecule has 0 amide bonds. The zero-order valence-electron chi connectivity index (χ0n) is 12.7. The van der Waals surface area contributed by atoms with E-state index >= 15 is 0 Å². The minimum Gasteiger partial charge on any atom is -0.475 e. The molecule has 0 aliphatic carbocycles. The summed E-state index contributed by atoms with van der Waals surface area (Å²) in [5, 5.41) is 33.2. The van der Waals surface area contributed by atoms with E-state index in [0.717, 1.165) is 16.8 Å². The average Bonchev–Trinajstić information content (AvgIpc) is 2.87. The molecule has 8 heteroatoms. The van der Waals surface area contributed by atoms with Gasteiger partial charge in [-0.25, -0.2) is 0 Å². The molecule has 1 aliphatic rings. The van der Waals surface area contributed by atoms with Gasteiger partial charge in [0.25, 0.3) is 0 Å². The number of nitrogens with zero attached hydrogens (tertiary/aromatic N) is 2. The lowest BCUT2D eigenvalue weighted by atomic mass is 10.1. The van der Waals surface area contributed by atoms with Gasteiger partial charge in [-0.1, -0.05) is 5.16 Å². The van der Waals surface area contributed by atoms with Gasteiger partial charge in [0.15, 0.2) is 5.44 Å². The predicted molar refractivity (Wildman–Crippen MR) is 84.1 cm³/mol. The molecule has 1 aliphatic heterocycles. The SMILES string of the molecule is Cc1noc(C)c1-c1cncc(O[C@@H]2SC[C@@H](O)[C@H](O)[C@H]2O)c1. The molecule has 0 radical (unpaired) electrons. The molecule has 0 spiro atoms. The first-order valence-electron chi connectivity index (χ1n) is 7.18. The van der Waals surface area contributed by atoms with Gasteiger partial charge in [0.1, 0.15) is 23.7 Å². The molecule has 2 aromatic heterocycles. The van der Waals surface area contributed by atoms with E-state index in [1.54, 1.807) is 12.3 Å². The molecule has 124 valence electrons. The van der Waals surface area contributed by atoms with Gasteiger partial charge in [0.05, 0.1) is 18.0 Å². The minimum absolute atomic E-state index is 0.292. The Bertz CT molecular complexity index is 673. The van der Waals surface area contributed by atoms with Gasteiger partial charge in [-0.05, 0) is 19.9 Å². The number of ether oxygens (including phenoxy) is 1. The number of rotatable bonds is 3. The minimum atomic E-state index is -1.22. The Hall–Kier alpha value is -1.61. The molecule has 0 unspecified atom stereocenters. The van der Waals surface area contributed by atoms with Gasteiger partial charge in [0.2, 0.25) is 0 Å². The van der Waals surface area contributed by atoms with Crippen molar-refractivity contribution in [3.05, 3.63) is 29.9 Å². The Kier molecular flexibility index (Phi) is 4.58. The van der Waals surface area contributed by atoms with E-state index in [-0.39, 0.29) is 0 Å². The zero-order chi connectivity index (χ0) is 16.6. The largest absolute Gasteiger partial charge is 0.475 e. The average molecular weight is 338 g/mol. The van der Waals surface area contributed by atoms with E-state index in [9.17, 15) is 15.3 Å². The van der Waals surface area contributed by atoms with Crippen molar-refractivity contribution in [2.75, 3.05) is 5.75 Å². The second-order valence-corrected chi connectivity index (χ2v) is 6.61. The second kappa shape index (κ2) is 6.48. The number of thioether (sulfide) groups is 1. The molecule has 0 saturated carbocycles. The molecule has 3 N–H and O–H groups in total. The highest BCUT2D eigenvalue weighted by molar-refractivity contribution is 7.99. The molecular formula is C15H18N2O5S. The lowest BCUT2D eigenvalue weighted by Crippen LogP contribution is -2.50. The number of hydrogen-bond acceptors (Lipinski definition) is 8. The lowest BCUT2D eigenvalue weighted by molar-refractivity contribution is -0.0786. The van der Waals surface area contributed by atoms with Crippen LogP contribution in [0, 0.1) is 13.8 Å². The molecule has 7 nitrogen and oxygen atoms in total. The lowest BCUT2D eigenvalue weighted by Gasteiger charge is -2.34. The maximum Gasteiger partial charge on any atom is 0.173 e. The molecule has 3 rings (SSSR count). The Morgan fingerprint density at radius 2 is 2.00 bits per heavy atom. The molecule has 1 fully saturated rings. The van der Waals surface area contributed by atoms with Gasteiger partial charge in [-0.3, -0.25) is 4.98 Å². The van der Waals surface area contributed by atoms with Crippen LogP contribution in [0.3, 0.4) is 0 Å². The summed E-state index contributed by atoms with van der Waals surface area (Å²) in [6.07, 6.45) is -0.137. The molecule has 0 aromatic carbocycles. The van der Waals surface area contributed by atoms with E-state index in [4.69, 9.17) is 9.26 Å². The maximum absolute atomic E-state index is 10.0. The first-order chi connectivity index (χ1) is 11.0. The Labute approximate surface area is 137 Å². The highest BCUT2D eigenvalue weighted by Crippen LogP contribution is 2.32. The smallest absolute Gasteiger partial charge is 0.173 e. The number of aliphatic hydroxyl groups is 3. The van der Waals surface area contributed by atoms with Crippen LogP contribution in [0.2, 0.25) is 0 Å². The number of aromatic nitrogens is 2. The zero-order valence-corrected chi connectivity index (χ0v) is 13.5. The molecule has 3 heterocycles. The van der Waals surface area contributed by atoms with Crippen molar-refractivity contribution < 1.29 is 24.6 Å². The van der Waals surface area contributed by atoms with E-state index in [1.165, 1.54) is 18.0 Å². The van der Waals surface area contributed by atoms with Crippen molar-refractivity contribution in [3.63, 3.8) is 0 Å². The van der Waals surface area contributed by atoms with Gasteiger partial charge >= 0.3 is 0 Å². The number of aryl methyl sites for hydroxylation is 2. The van der Waals surface area contributed by atoms with Gasteiger partial charge in [-0.2, -0.15) is 0 Å². The van der Waals surface area contributed by atoms with Crippen molar-refractivity contribution in [3.8, 4) is 16.9 Å². The molecule has 1 saturated heterocycles.